The van der Waals surface area contributed by atoms with Crippen LogP contribution in [0.4, 0.5) is 4.39 Å². The number of benzene rings is 2. The van der Waals surface area contributed by atoms with E-state index < -0.39 is 0 Å². The Balaban J connectivity index is 2.01. The molecule has 2 aromatic carbocycles. The van der Waals surface area contributed by atoms with E-state index in [1.165, 1.54) is 23.9 Å². The van der Waals surface area contributed by atoms with Crippen molar-refractivity contribution in [3.8, 4) is 0 Å². The highest BCUT2D eigenvalue weighted by atomic mass is 32.2. The van der Waals surface area contributed by atoms with Gasteiger partial charge in [0.2, 0.25) is 0 Å². The van der Waals surface area contributed by atoms with Crippen LogP contribution in [0, 0.1) is 5.82 Å². The molecule has 0 fully saturated rings. The van der Waals surface area contributed by atoms with Gasteiger partial charge in [0.05, 0.1) is 5.52 Å². The SMILES string of the molecule is NCc1cc(Sc2ccc(F)cc2)nc2ccccc12. The van der Waals surface area contributed by atoms with Gasteiger partial charge in [0, 0.05) is 16.8 Å². The van der Waals surface area contributed by atoms with Crippen molar-refractivity contribution in [1.82, 2.24) is 4.98 Å². The molecule has 0 bridgehead atoms. The number of halogens is 1. The summed E-state index contributed by atoms with van der Waals surface area (Å²) in [6.45, 7) is 0.472. The lowest BCUT2D eigenvalue weighted by atomic mass is 10.1. The average molecular weight is 284 g/mol. The Kier molecular flexibility index (Phi) is 3.67. The van der Waals surface area contributed by atoms with Crippen LogP contribution in [-0.4, -0.2) is 4.98 Å². The lowest BCUT2D eigenvalue weighted by Crippen LogP contribution is -1.99. The predicted molar refractivity (Wildman–Crippen MR) is 80.2 cm³/mol. The summed E-state index contributed by atoms with van der Waals surface area (Å²) in [6.07, 6.45) is 0. The van der Waals surface area contributed by atoms with E-state index in [-0.39, 0.29) is 5.82 Å². The first-order valence-corrected chi connectivity index (χ1v) is 7.10. The van der Waals surface area contributed by atoms with Gasteiger partial charge in [-0.25, -0.2) is 9.37 Å². The number of fused-ring (bicyclic) bond motifs is 1. The number of pyridine rings is 1. The van der Waals surface area contributed by atoms with Crippen LogP contribution in [0.5, 0.6) is 0 Å². The molecule has 1 heterocycles. The highest BCUT2D eigenvalue weighted by molar-refractivity contribution is 7.99. The second kappa shape index (κ2) is 5.61. The third-order valence-corrected chi connectivity index (χ3v) is 3.96. The number of nitrogens with two attached hydrogens (primary N) is 1. The number of rotatable bonds is 3. The van der Waals surface area contributed by atoms with Crippen molar-refractivity contribution in [2.24, 2.45) is 5.73 Å². The molecule has 0 aliphatic heterocycles. The molecule has 100 valence electrons. The third kappa shape index (κ3) is 2.66. The van der Waals surface area contributed by atoms with E-state index in [2.05, 4.69) is 4.98 Å². The number of nitrogens with zero attached hydrogens (tertiary/aromatic N) is 1. The normalized spacial score (nSPS) is 10.9. The van der Waals surface area contributed by atoms with Crippen molar-refractivity contribution in [2.45, 2.75) is 16.5 Å². The van der Waals surface area contributed by atoms with Gasteiger partial charge in [-0.1, -0.05) is 30.0 Å². The molecule has 0 atom stereocenters. The third-order valence-electron chi connectivity index (χ3n) is 3.03. The molecular weight excluding hydrogens is 271 g/mol. The molecule has 0 unspecified atom stereocenters. The predicted octanol–water partition coefficient (Wildman–Crippen LogP) is 3.98. The van der Waals surface area contributed by atoms with E-state index in [0.29, 0.717) is 6.54 Å². The summed E-state index contributed by atoms with van der Waals surface area (Å²) in [4.78, 5) is 5.57. The maximum absolute atomic E-state index is 12.9. The summed E-state index contributed by atoms with van der Waals surface area (Å²) in [5.41, 5.74) is 7.81. The number of para-hydroxylation sites is 1. The first-order chi connectivity index (χ1) is 9.76. The van der Waals surface area contributed by atoms with Crippen molar-refractivity contribution < 1.29 is 4.39 Å². The summed E-state index contributed by atoms with van der Waals surface area (Å²) < 4.78 is 12.9. The van der Waals surface area contributed by atoms with Crippen LogP contribution in [0.2, 0.25) is 0 Å². The van der Waals surface area contributed by atoms with Gasteiger partial charge in [-0.15, -0.1) is 0 Å². The molecule has 2 N–H and O–H groups in total. The fourth-order valence-electron chi connectivity index (χ4n) is 2.07. The molecule has 0 radical (unpaired) electrons. The zero-order valence-corrected chi connectivity index (χ0v) is 11.5. The molecule has 4 heteroatoms. The maximum Gasteiger partial charge on any atom is 0.123 e. The Bertz CT molecular complexity index is 741. The minimum absolute atomic E-state index is 0.233. The molecule has 0 spiro atoms. The van der Waals surface area contributed by atoms with Crippen LogP contribution in [-0.2, 0) is 6.54 Å². The van der Waals surface area contributed by atoms with Crippen LogP contribution in [0.1, 0.15) is 5.56 Å². The van der Waals surface area contributed by atoms with Crippen molar-refractivity contribution in [3.63, 3.8) is 0 Å². The lowest BCUT2D eigenvalue weighted by Gasteiger charge is -2.07. The van der Waals surface area contributed by atoms with Gasteiger partial charge in [-0.2, -0.15) is 0 Å². The molecular formula is C16H13FN2S. The standard InChI is InChI=1S/C16H13FN2S/c17-12-5-7-13(8-6-12)20-16-9-11(10-18)14-3-1-2-4-15(14)19-16/h1-9H,10,18H2. The zero-order valence-electron chi connectivity index (χ0n) is 10.7. The van der Waals surface area contributed by atoms with E-state index in [1.54, 1.807) is 12.1 Å². The summed E-state index contributed by atoms with van der Waals surface area (Å²) >= 11 is 1.51. The molecule has 0 saturated heterocycles. The second-order valence-electron chi connectivity index (χ2n) is 4.40. The van der Waals surface area contributed by atoms with Crippen LogP contribution in [0.3, 0.4) is 0 Å². The molecule has 0 amide bonds. The highest BCUT2D eigenvalue weighted by Crippen LogP contribution is 2.29. The first kappa shape index (κ1) is 13.1. The summed E-state index contributed by atoms with van der Waals surface area (Å²) in [5, 5.41) is 1.95. The van der Waals surface area contributed by atoms with Gasteiger partial charge in [-0.05, 0) is 42.0 Å². The fraction of sp³-hybridized carbons (Fsp3) is 0.0625. The summed E-state index contributed by atoms with van der Waals surface area (Å²) in [6, 6.07) is 16.3. The first-order valence-electron chi connectivity index (χ1n) is 6.28. The summed E-state index contributed by atoms with van der Waals surface area (Å²) in [5.74, 6) is -0.233. The van der Waals surface area contributed by atoms with Gasteiger partial charge in [0.25, 0.3) is 0 Å². The van der Waals surface area contributed by atoms with E-state index in [9.17, 15) is 4.39 Å². The highest BCUT2D eigenvalue weighted by Gasteiger charge is 2.06. The minimum Gasteiger partial charge on any atom is -0.326 e. The van der Waals surface area contributed by atoms with Crippen molar-refractivity contribution in [2.75, 3.05) is 0 Å². The largest absolute Gasteiger partial charge is 0.326 e. The fourth-order valence-corrected chi connectivity index (χ4v) is 2.92. The number of aromatic nitrogens is 1. The molecule has 0 aliphatic rings. The quantitative estimate of drug-likeness (QED) is 0.790. The van der Waals surface area contributed by atoms with Crippen LogP contribution >= 0.6 is 11.8 Å². The van der Waals surface area contributed by atoms with Gasteiger partial charge >= 0.3 is 0 Å². The van der Waals surface area contributed by atoms with Gasteiger partial charge in [-0.3, -0.25) is 0 Å². The molecule has 2 nitrogen and oxygen atoms in total. The molecule has 20 heavy (non-hydrogen) atoms. The van der Waals surface area contributed by atoms with Crippen molar-refractivity contribution in [3.05, 3.63) is 66.0 Å². The number of hydrogen-bond acceptors (Lipinski definition) is 3. The summed E-state index contributed by atoms with van der Waals surface area (Å²) in [7, 11) is 0. The lowest BCUT2D eigenvalue weighted by molar-refractivity contribution is 0.626. The number of hydrogen-bond donors (Lipinski definition) is 1. The van der Waals surface area contributed by atoms with Gasteiger partial charge in [0.1, 0.15) is 10.8 Å². The average Bonchev–Trinajstić information content (AvgIpc) is 2.49. The van der Waals surface area contributed by atoms with Gasteiger partial charge in [0.15, 0.2) is 0 Å². The Labute approximate surface area is 120 Å². The molecule has 1 aromatic heterocycles. The molecule has 3 aromatic rings. The van der Waals surface area contributed by atoms with Crippen LogP contribution < -0.4 is 5.73 Å². The Morgan fingerprint density at radius 2 is 1.80 bits per heavy atom. The Morgan fingerprint density at radius 1 is 1.05 bits per heavy atom. The molecule has 0 aliphatic carbocycles. The van der Waals surface area contributed by atoms with Crippen molar-refractivity contribution >= 4 is 22.7 Å². The topological polar surface area (TPSA) is 38.9 Å². The molecule has 3 rings (SSSR count). The van der Waals surface area contributed by atoms with E-state index in [0.717, 1.165) is 26.4 Å². The Hall–Kier alpha value is -1.91. The van der Waals surface area contributed by atoms with Crippen molar-refractivity contribution in [1.29, 1.82) is 0 Å². The Morgan fingerprint density at radius 3 is 2.55 bits per heavy atom. The van der Waals surface area contributed by atoms with Gasteiger partial charge < -0.3 is 5.73 Å². The minimum atomic E-state index is -0.233. The van der Waals surface area contributed by atoms with E-state index in [1.807, 2.05) is 30.3 Å². The van der Waals surface area contributed by atoms with Crippen LogP contribution in [0.15, 0.2) is 64.5 Å². The molecule has 0 saturated carbocycles. The zero-order chi connectivity index (χ0) is 13.9. The monoisotopic (exact) mass is 284 g/mol. The second-order valence-corrected chi connectivity index (χ2v) is 5.49. The smallest absolute Gasteiger partial charge is 0.123 e. The van der Waals surface area contributed by atoms with Crippen LogP contribution in [0.25, 0.3) is 10.9 Å². The van der Waals surface area contributed by atoms with E-state index >= 15 is 0 Å². The maximum atomic E-state index is 12.9. The van der Waals surface area contributed by atoms with E-state index in [4.69, 9.17) is 5.73 Å².